The second-order valence-electron chi connectivity index (χ2n) is 4.36. The van der Waals surface area contributed by atoms with E-state index in [1.165, 1.54) is 0 Å². The van der Waals surface area contributed by atoms with Crippen LogP contribution in [-0.4, -0.2) is 11.0 Å². The van der Waals surface area contributed by atoms with Gasteiger partial charge in [0.15, 0.2) is 5.56 Å². The molecule has 0 fully saturated rings. The molecule has 0 aliphatic heterocycles. The molecule has 1 aliphatic rings. The molecule has 0 saturated carbocycles. The molecule has 2 aromatic carbocycles. The van der Waals surface area contributed by atoms with Gasteiger partial charge in [-0.25, -0.2) is 4.79 Å². The zero-order valence-electron chi connectivity index (χ0n) is 9.85. The summed E-state index contributed by atoms with van der Waals surface area (Å²) in [4.78, 5) is 10.9. The Balaban J connectivity index is 2.12. The van der Waals surface area contributed by atoms with Gasteiger partial charge in [-0.2, -0.15) is 0 Å². The Hall–Kier alpha value is -1.51. The second kappa shape index (κ2) is 4.87. The Morgan fingerprint density at radius 1 is 1.00 bits per heavy atom. The van der Waals surface area contributed by atoms with Gasteiger partial charge in [-0.05, 0) is 22.3 Å². The molecule has 2 aromatic rings. The molecule has 1 unspecified atom stereocenters. The highest BCUT2D eigenvalue weighted by Gasteiger charge is 2.35. The Morgan fingerprint density at radius 2 is 1.47 bits per heavy atom. The van der Waals surface area contributed by atoms with Gasteiger partial charge in [0.25, 0.3) is 0 Å². The third-order valence-corrected chi connectivity index (χ3v) is 3.78. The quantitative estimate of drug-likeness (QED) is 0.590. The van der Waals surface area contributed by atoms with Crippen molar-refractivity contribution < 1.29 is 9.53 Å². The van der Waals surface area contributed by atoms with Crippen molar-refractivity contribution in [2.24, 2.45) is 0 Å². The highest BCUT2D eigenvalue weighted by molar-refractivity contribution is 6.61. The Kier molecular flexibility index (Phi) is 3.21. The predicted octanol–water partition coefficient (Wildman–Crippen LogP) is 4.74. The van der Waals surface area contributed by atoms with Gasteiger partial charge in [-0.15, -0.1) is 0 Å². The van der Waals surface area contributed by atoms with Crippen molar-refractivity contribution in [3.8, 4) is 11.1 Å². The van der Waals surface area contributed by atoms with Crippen molar-refractivity contribution in [2.75, 3.05) is 0 Å². The summed E-state index contributed by atoms with van der Waals surface area (Å²) in [5.41, 5.74) is 2.67. The number of fused-ring (bicyclic) bond motifs is 3. The third-order valence-electron chi connectivity index (χ3n) is 3.35. The van der Waals surface area contributed by atoms with Crippen LogP contribution in [-0.2, 0) is 4.74 Å². The summed E-state index contributed by atoms with van der Waals surface area (Å²) < 4.78 is 4.94. The third kappa shape index (κ3) is 2.11. The molecule has 0 spiro atoms. The van der Waals surface area contributed by atoms with Gasteiger partial charge in [0.2, 0.25) is 0 Å². The van der Waals surface area contributed by atoms with Crippen LogP contribution in [0.15, 0.2) is 48.5 Å². The van der Waals surface area contributed by atoms with Gasteiger partial charge in [-0.3, -0.25) is 0 Å². The van der Waals surface area contributed by atoms with E-state index in [0.29, 0.717) is 0 Å². The van der Waals surface area contributed by atoms with E-state index in [-0.39, 0.29) is 5.92 Å². The van der Waals surface area contributed by atoms with Gasteiger partial charge in [0.05, 0.1) is 5.92 Å². The molecule has 3 rings (SSSR count). The average Bonchev–Trinajstić information content (AvgIpc) is 2.72. The van der Waals surface area contributed by atoms with Crippen LogP contribution in [0, 0.1) is 0 Å². The first-order valence-corrected chi connectivity index (χ1v) is 6.68. The van der Waals surface area contributed by atoms with Crippen LogP contribution >= 0.6 is 23.2 Å². The van der Waals surface area contributed by atoms with Gasteiger partial charge in [0.1, 0.15) is 0 Å². The molecule has 0 heterocycles. The molecule has 0 aromatic heterocycles. The van der Waals surface area contributed by atoms with Crippen molar-refractivity contribution in [1.29, 1.82) is 0 Å². The van der Waals surface area contributed by atoms with E-state index in [4.69, 9.17) is 27.9 Å². The van der Waals surface area contributed by atoms with E-state index in [2.05, 4.69) is 0 Å². The maximum Gasteiger partial charge on any atom is 0.405 e. The van der Waals surface area contributed by atoms with Crippen LogP contribution in [0.5, 0.6) is 0 Å². The Morgan fingerprint density at radius 3 is 1.95 bits per heavy atom. The molecule has 0 N–H and O–H groups in total. The molecule has 0 radical (unpaired) electrons. The lowest BCUT2D eigenvalue weighted by Crippen LogP contribution is -2.17. The van der Waals surface area contributed by atoms with Gasteiger partial charge < -0.3 is 4.74 Å². The standard InChI is InChI=1S/C15H10Cl2O2/c16-14(19-15(17)18)13-11-7-3-1-5-9(11)10-6-2-4-8-12(10)13/h1-8,13-14H. The molecular weight excluding hydrogens is 283 g/mol. The summed E-state index contributed by atoms with van der Waals surface area (Å²) in [6.45, 7) is 0. The normalized spacial score (nSPS) is 14.6. The number of rotatable bonds is 2. The summed E-state index contributed by atoms with van der Waals surface area (Å²) in [5, 5.41) is 0. The summed E-state index contributed by atoms with van der Waals surface area (Å²) in [7, 11) is 0. The van der Waals surface area contributed by atoms with E-state index in [1.54, 1.807) is 0 Å². The minimum Gasteiger partial charge on any atom is -0.433 e. The van der Waals surface area contributed by atoms with E-state index in [9.17, 15) is 4.79 Å². The number of carbonyl (C=O) groups is 1. The van der Waals surface area contributed by atoms with Gasteiger partial charge >= 0.3 is 5.43 Å². The Bertz CT molecular complexity index is 594. The smallest absolute Gasteiger partial charge is 0.405 e. The lowest BCUT2D eigenvalue weighted by Gasteiger charge is -2.18. The fraction of sp³-hybridized carbons (Fsp3) is 0.133. The van der Waals surface area contributed by atoms with E-state index in [0.717, 1.165) is 22.3 Å². The lowest BCUT2D eigenvalue weighted by atomic mass is 9.98. The first-order chi connectivity index (χ1) is 9.18. The lowest BCUT2D eigenvalue weighted by molar-refractivity contribution is 0.153. The van der Waals surface area contributed by atoms with E-state index in [1.807, 2.05) is 48.5 Å². The van der Waals surface area contributed by atoms with Crippen LogP contribution in [0.3, 0.4) is 0 Å². The zero-order valence-corrected chi connectivity index (χ0v) is 11.4. The maximum absolute atomic E-state index is 10.9. The minimum atomic E-state index is -0.887. The van der Waals surface area contributed by atoms with Gasteiger partial charge in [-0.1, -0.05) is 60.1 Å². The fourth-order valence-electron chi connectivity index (χ4n) is 2.63. The van der Waals surface area contributed by atoms with Crippen molar-refractivity contribution in [3.05, 3.63) is 59.7 Å². The Labute approximate surface area is 120 Å². The van der Waals surface area contributed by atoms with Crippen LogP contribution < -0.4 is 0 Å². The summed E-state index contributed by atoms with van der Waals surface area (Å²) >= 11 is 11.5. The molecular formula is C15H10Cl2O2. The van der Waals surface area contributed by atoms with Crippen molar-refractivity contribution in [3.63, 3.8) is 0 Å². The number of hydrogen-bond donors (Lipinski definition) is 0. The highest BCUT2D eigenvalue weighted by atomic mass is 35.5. The molecule has 0 saturated heterocycles. The molecule has 1 atom stereocenters. The minimum absolute atomic E-state index is 0.184. The van der Waals surface area contributed by atoms with Crippen molar-refractivity contribution in [2.45, 2.75) is 11.5 Å². The predicted molar refractivity (Wildman–Crippen MR) is 75.7 cm³/mol. The molecule has 0 amide bonds. The number of benzene rings is 2. The maximum atomic E-state index is 10.9. The van der Waals surface area contributed by atoms with E-state index >= 15 is 0 Å². The van der Waals surface area contributed by atoms with Crippen LogP contribution in [0.25, 0.3) is 11.1 Å². The van der Waals surface area contributed by atoms with Crippen LogP contribution in [0.2, 0.25) is 0 Å². The van der Waals surface area contributed by atoms with E-state index < -0.39 is 11.0 Å². The van der Waals surface area contributed by atoms with Crippen LogP contribution in [0.1, 0.15) is 17.0 Å². The fourth-order valence-corrected chi connectivity index (χ4v) is 3.13. The molecule has 1 aliphatic carbocycles. The first kappa shape index (κ1) is 12.5. The highest BCUT2D eigenvalue weighted by Crippen LogP contribution is 2.47. The number of alkyl halides is 1. The first-order valence-electron chi connectivity index (χ1n) is 5.87. The molecule has 19 heavy (non-hydrogen) atoms. The number of hydrogen-bond acceptors (Lipinski definition) is 2. The van der Waals surface area contributed by atoms with Gasteiger partial charge in [0, 0.05) is 11.6 Å². The molecule has 96 valence electrons. The molecule has 4 heteroatoms. The SMILES string of the molecule is O=C(Cl)OC(Cl)C1c2ccccc2-c2ccccc21. The number of ether oxygens (including phenoxy) is 1. The largest absolute Gasteiger partial charge is 0.433 e. The van der Waals surface area contributed by atoms with Crippen LogP contribution in [0.4, 0.5) is 4.79 Å². The molecule has 2 nitrogen and oxygen atoms in total. The average molecular weight is 293 g/mol. The summed E-state index contributed by atoms with van der Waals surface area (Å²) in [6.07, 6.45) is 0. The second-order valence-corrected chi connectivity index (χ2v) is 5.10. The summed E-state index contributed by atoms with van der Waals surface area (Å²) in [6, 6.07) is 15.9. The summed E-state index contributed by atoms with van der Waals surface area (Å²) in [5.74, 6) is -0.184. The number of carbonyl (C=O) groups excluding carboxylic acids is 1. The topological polar surface area (TPSA) is 26.3 Å². The van der Waals surface area contributed by atoms with Crippen molar-refractivity contribution >= 4 is 28.6 Å². The monoisotopic (exact) mass is 292 g/mol. The zero-order chi connectivity index (χ0) is 13.4. The van der Waals surface area contributed by atoms with Crippen molar-refractivity contribution in [1.82, 2.24) is 0 Å². The molecule has 0 bridgehead atoms. The number of halogens is 2.